The Balaban J connectivity index is 1.78. The van der Waals surface area contributed by atoms with Gasteiger partial charge in [0.15, 0.2) is 0 Å². The maximum Gasteiger partial charge on any atom is 0.308 e. The third-order valence-corrected chi connectivity index (χ3v) is 3.81. The van der Waals surface area contributed by atoms with Crippen LogP contribution in [0.3, 0.4) is 0 Å². The zero-order valence-electron chi connectivity index (χ0n) is 10.8. The molecule has 0 aliphatic rings. The molecule has 3 rings (SSSR count). The lowest BCUT2D eigenvalue weighted by Gasteiger charge is -1.97. The first-order chi connectivity index (χ1) is 10.2. The summed E-state index contributed by atoms with van der Waals surface area (Å²) in [6.45, 7) is 0. The van der Waals surface area contributed by atoms with Crippen molar-refractivity contribution in [3.8, 4) is 11.5 Å². The maximum atomic E-state index is 12.9. The van der Waals surface area contributed by atoms with Crippen LogP contribution < -0.4 is 0 Å². The number of rotatable bonds is 4. The fourth-order valence-corrected chi connectivity index (χ4v) is 2.56. The van der Waals surface area contributed by atoms with Gasteiger partial charge in [-0.15, -0.1) is 5.10 Å². The van der Waals surface area contributed by atoms with Crippen LogP contribution in [0.25, 0.3) is 11.5 Å². The first-order valence-corrected chi connectivity index (χ1v) is 7.42. The molecule has 5 nitrogen and oxygen atoms in total. The summed E-state index contributed by atoms with van der Waals surface area (Å²) in [5, 5.41) is 7.63. The Morgan fingerprint density at radius 3 is 2.62 bits per heavy atom. The lowest BCUT2D eigenvalue weighted by Crippen LogP contribution is -1.98. The van der Waals surface area contributed by atoms with Gasteiger partial charge in [0.25, 0.3) is 0 Å². The standard InChI is InChI=1S/C14H10FN3O2S/c15-11-6-4-10(5-7-11)13-17-18-14(20-13)21(19)9-12-3-1-2-8-16-12/h1-8H,9H2. The minimum atomic E-state index is -1.47. The highest BCUT2D eigenvalue weighted by Crippen LogP contribution is 2.20. The Bertz CT molecular complexity index is 759. The number of pyridine rings is 1. The van der Waals surface area contributed by atoms with Crippen molar-refractivity contribution >= 4 is 10.8 Å². The van der Waals surface area contributed by atoms with Gasteiger partial charge in [-0.3, -0.25) is 4.98 Å². The molecule has 0 fully saturated rings. The average molecular weight is 303 g/mol. The summed E-state index contributed by atoms with van der Waals surface area (Å²) in [4.78, 5) is 4.09. The van der Waals surface area contributed by atoms with Gasteiger partial charge in [-0.2, -0.15) is 0 Å². The summed E-state index contributed by atoms with van der Waals surface area (Å²) in [6.07, 6.45) is 1.63. The Kier molecular flexibility index (Phi) is 3.83. The van der Waals surface area contributed by atoms with Crippen molar-refractivity contribution in [1.82, 2.24) is 15.2 Å². The largest absolute Gasteiger partial charge is 0.409 e. The van der Waals surface area contributed by atoms with Crippen LogP contribution in [0.15, 0.2) is 58.3 Å². The van der Waals surface area contributed by atoms with E-state index in [0.717, 1.165) is 0 Å². The lowest BCUT2D eigenvalue weighted by molar-refractivity contribution is 0.455. The number of hydrogen-bond donors (Lipinski definition) is 0. The number of nitrogens with zero attached hydrogens (tertiary/aromatic N) is 3. The van der Waals surface area contributed by atoms with Crippen LogP contribution in [0.4, 0.5) is 4.39 Å². The zero-order valence-corrected chi connectivity index (χ0v) is 11.6. The van der Waals surface area contributed by atoms with Crippen LogP contribution in [-0.4, -0.2) is 19.4 Å². The maximum absolute atomic E-state index is 12.9. The van der Waals surface area contributed by atoms with Gasteiger partial charge in [-0.1, -0.05) is 11.2 Å². The first-order valence-electron chi connectivity index (χ1n) is 6.10. The molecule has 0 saturated carbocycles. The Morgan fingerprint density at radius 2 is 1.90 bits per heavy atom. The number of benzene rings is 1. The van der Waals surface area contributed by atoms with E-state index in [1.807, 2.05) is 6.07 Å². The molecule has 0 radical (unpaired) electrons. The minimum absolute atomic E-state index is 0.0278. The molecule has 0 aliphatic heterocycles. The normalized spacial score (nSPS) is 12.2. The average Bonchev–Trinajstić information content (AvgIpc) is 2.99. The van der Waals surface area contributed by atoms with Gasteiger partial charge in [0.05, 0.1) is 11.4 Å². The second-order valence-electron chi connectivity index (χ2n) is 4.19. The van der Waals surface area contributed by atoms with Gasteiger partial charge in [-0.05, 0) is 36.4 Å². The molecule has 0 saturated heterocycles. The summed E-state index contributed by atoms with van der Waals surface area (Å²) in [5.74, 6) is 0.0582. The van der Waals surface area contributed by atoms with Gasteiger partial charge in [-0.25, -0.2) is 8.60 Å². The van der Waals surface area contributed by atoms with Crippen molar-refractivity contribution in [3.05, 3.63) is 60.2 Å². The Labute approximate surface area is 122 Å². The van der Waals surface area contributed by atoms with Crippen LogP contribution >= 0.6 is 0 Å². The van der Waals surface area contributed by atoms with Crippen molar-refractivity contribution < 1.29 is 13.0 Å². The van der Waals surface area contributed by atoms with E-state index in [-0.39, 0.29) is 22.7 Å². The molecule has 0 aliphatic carbocycles. The highest BCUT2D eigenvalue weighted by Gasteiger charge is 2.15. The first kappa shape index (κ1) is 13.6. The van der Waals surface area contributed by atoms with Crippen LogP contribution in [-0.2, 0) is 16.6 Å². The molecule has 0 spiro atoms. The van der Waals surface area contributed by atoms with Crippen molar-refractivity contribution in [2.45, 2.75) is 11.0 Å². The topological polar surface area (TPSA) is 68.9 Å². The molecule has 21 heavy (non-hydrogen) atoms. The molecule has 2 heterocycles. The summed E-state index contributed by atoms with van der Waals surface area (Å²) >= 11 is 0. The summed E-state index contributed by atoms with van der Waals surface area (Å²) in [5.41, 5.74) is 1.25. The smallest absolute Gasteiger partial charge is 0.308 e. The predicted molar refractivity (Wildman–Crippen MR) is 74.0 cm³/mol. The number of hydrogen-bond acceptors (Lipinski definition) is 5. The van der Waals surface area contributed by atoms with Gasteiger partial charge in [0.1, 0.15) is 16.6 Å². The van der Waals surface area contributed by atoms with E-state index in [0.29, 0.717) is 11.3 Å². The fraction of sp³-hybridized carbons (Fsp3) is 0.0714. The number of halogens is 1. The Morgan fingerprint density at radius 1 is 1.10 bits per heavy atom. The quantitative estimate of drug-likeness (QED) is 0.741. The zero-order chi connectivity index (χ0) is 14.7. The van der Waals surface area contributed by atoms with Crippen molar-refractivity contribution in [2.24, 2.45) is 0 Å². The summed E-state index contributed by atoms with van der Waals surface area (Å²) in [7, 11) is -1.47. The van der Waals surface area contributed by atoms with Crippen molar-refractivity contribution in [3.63, 3.8) is 0 Å². The van der Waals surface area contributed by atoms with Crippen LogP contribution in [0, 0.1) is 5.82 Å². The molecule has 2 aromatic heterocycles. The van der Waals surface area contributed by atoms with E-state index in [9.17, 15) is 8.60 Å². The summed E-state index contributed by atoms with van der Waals surface area (Å²) in [6, 6.07) is 11.0. The molecule has 7 heteroatoms. The molecule has 0 bridgehead atoms. The van der Waals surface area contributed by atoms with E-state index in [2.05, 4.69) is 15.2 Å². The molecule has 1 unspecified atom stereocenters. The van der Waals surface area contributed by atoms with E-state index in [1.54, 1.807) is 18.3 Å². The SMILES string of the molecule is O=S(Cc1ccccn1)c1nnc(-c2ccc(F)cc2)o1. The van der Waals surface area contributed by atoms with Crippen LogP contribution in [0.5, 0.6) is 0 Å². The monoisotopic (exact) mass is 303 g/mol. The fourth-order valence-electron chi connectivity index (χ4n) is 1.69. The van der Waals surface area contributed by atoms with E-state index in [1.165, 1.54) is 24.3 Å². The van der Waals surface area contributed by atoms with E-state index in [4.69, 9.17) is 4.42 Å². The molecule has 106 valence electrons. The van der Waals surface area contributed by atoms with Gasteiger partial charge in [0, 0.05) is 11.8 Å². The Hall–Kier alpha value is -2.41. The molecular formula is C14H10FN3O2S. The molecule has 1 aromatic carbocycles. The van der Waals surface area contributed by atoms with Crippen molar-refractivity contribution in [1.29, 1.82) is 0 Å². The minimum Gasteiger partial charge on any atom is -0.409 e. The van der Waals surface area contributed by atoms with Gasteiger partial charge < -0.3 is 4.42 Å². The summed E-state index contributed by atoms with van der Waals surface area (Å²) < 4.78 is 30.4. The molecular weight excluding hydrogens is 293 g/mol. The van der Waals surface area contributed by atoms with E-state index < -0.39 is 10.8 Å². The number of aromatic nitrogens is 3. The van der Waals surface area contributed by atoms with E-state index >= 15 is 0 Å². The van der Waals surface area contributed by atoms with Crippen LogP contribution in [0.2, 0.25) is 0 Å². The molecule has 1 atom stereocenters. The molecule has 0 amide bonds. The third-order valence-electron chi connectivity index (χ3n) is 2.70. The van der Waals surface area contributed by atoms with Crippen molar-refractivity contribution in [2.75, 3.05) is 0 Å². The highest BCUT2D eigenvalue weighted by molar-refractivity contribution is 7.83. The van der Waals surface area contributed by atoms with Crippen LogP contribution in [0.1, 0.15) is 5.69 Å². The lowest BCUT2D eigenvalue weighted by atomic mass is 10.2. The second-order valence-corrected chi connectivity index (χ2v) is 5.52. The molecule has 3 aromatic rings. The van der Waals surface area contributed by atoms with Gasteiger partial charge >= 0.3 is 5.22 Å². The second kappa shape index (κ2) is 5.92. The predicted octanol–water partition coefficient (Wildman–Crippen LogP) is 2.58. The van der Waals surface area contributed by atoms with Gasteiger partial charge in [0.2, 0.25) is 5.89 Å². The third kappa shape index (κ3) is 3.19. The highest BCUT2D eigenvalue weighted by atomic mass is 32.2. The molecule has 0 N–H and O–H groups in total.